The van der Waals surface area contributed by atoms with Crippen LogP contribution in [0.3, 0.4) is 0 Å². The minimum Gasteiger partial charge on any atom is -0.506 e. The van der Waals surface area contributed by atoms with E-state index in [2.05, 4.69) is 10.3 Å². The first-order chi connectivity index (χ1) is 11.1. The van der Waals surface area contributed by atoms with E-state index >= 15 is 0 Å². The molecule has 0 unspecified atom stereocenters. The summed E-state index contributed by atoms with van der Waals surface area (Å²) < 4.78 is 1.48. The Hall–Kier alpha value is -2.92. The molecule has 23 heavy (non-hydrogen) atoms. The lowest BCUT2D eigenvalue weighted by Gasteiger charge is -2.03. The minimum absolute atomic E-state index is 0.00139. The number of hydrogen-bond donors (Lipinski definition) is 1. The number of allylic oxidation sites excluding steroid dienone is 1. The van der Waals surface area contributed by atoms with Gasteiger partial charge in [-0.05, 0) is 35.9 Å². The van der Waals surface area contributed by atoms with Crippen LogP contribution in [-0.2, 0) is 0 Å². The third-order valence-corrected chi connectivity index (χ3v) is 3.50. The number of aromatic nitrogens is 3. The van der Waals surface area contributed by atoms with Crippen molar-refractivity contribution in [2.45, 2.75) is 0 Å². The summed E-state index contributed by atoms with van der Waals surface area (Å²) in [5, 5.41) is 17.4. The smallest absolute Gasteiger partial charge is 0.205 e. The van der Waals surface area contributed by atoms with E-state index in [0.29, 0.717) is 11.3 Å². The molecular weight excluding hydrogens is 314 g/mol. The summed E-state index contributed by atoms with van der Waals surface area (Å²) in [6, 6.07) is 14.0. The van der Waals surface area contributed by atoms with Crippen molar-refractivity contribution in [3.63, 3.8) is 0 Å². The Labute approximate surface area is 137 Å². The topological polar surface area (TPSA) is 68.0 Å². The van der Waals surface area contributed by atoms with Gasteiger partial charge in [-0.1, -0.05) is 47.2 Å². The molecule has 0 saturated carbocycles. The van der Waals surface area contributed by atoms with Gasteiger partial charge in [0.2, 0.25) is 5.78 Å². The molecule has 0 bridgehead atoms. The fraction of sp³-hybridized carbons (Fsp3) is 0. The van der Waals surface area contributed by atoms with Crippen LogP contribution in [0.5, 0.6) is 5.75 Å². The lowest BCUT2D eigenvalue weighted by Crippen LogP contribution is -2.06. The van der Waals surface area contributed by atoms with Crippen LogP contribution in [0.25, 0.3) is 11.8 Å². The average molecular weight is 326 g/mol. The Bertz CT molecular complexity index is 873. The molecule has 0 atom stereocenters. The van der Waals surface area contributed by atoms with Crippen LogP contribution in [0.1, 0.15) is 16.1 Å². The Balaban J connectivity index is 1.86. The van der Waals surface area contributed by atoms with Crippen LogP contribution in [0.15, 0.2) is 60.8 Å². The molecule has 5 nitrogen and oxygen atoms in total. The van der Waals surface area contributed by atoms with E-state index in [1.165, 1.54) is 23.0 Å². The highest BCUT2D eigenvalue weighted by atomic mass is 35.5. The molecule has 0 aliphatic heterocycles. The SMILES string of the molecule is O=C(C=Cc1ccc(O)c(Cl)c1)c1cnnn1-c1ccccc1. The molecule has 0 aliphatic carbocycles. The Morgan fingerprint density at radius 1 is 1.17 bits per heavy atom. The lowest BCUT2D eigenvalue weighted by molar-refractivity contribution is 0.104. The van der Waals surface area contributed by atoms with Crippen molar-refractivity contribution < 1.29 is 9.90 Å². The van der Waals surface area contributed by atoms with E-state index in [1.807, 2.05) is 30.3 Å². The summed E-state index contributed by atoms with van der Waals surface area (Å²) in [5.74, 6) is -0.232. The molecule has 3 aromatic rings. The third kappa shape index (κ3) is 3.30. The molecule has 0 radical (unpaired) electrons. The second-order valence-corrected chi connectivity index (χ2v) is 5.18. The maximum Gasteiger partial charge on any atom is 0.205 e. The minimum atomic E-state index is -0.233. The molecule has 0 fully saturated rings. The number of ketones is 1. The van der Waals surface area contributed by atoms with E-state index in [1.54, 1.807) is 18.2 Å². The van der Waals surface area contributed by atoms with E-state index in [0.717, 1.165) is 5.69 Å². The van der Waals surface area contributed by atoms with Gasteiger partial charge in [-0.25, -0.2) is 4.68 Å². The maximum atomic E-state index is 12.4. The largest absolute Gasteiger partial charge is 0.506 e. The van der Waals surface area contributed by atoms with Crippen molar-refractivity contribution in [2.75, 3.05) is 0 Å². The van der Waals surface area contributed by atoms with Crippen molar-refractivity contribution in [3.8, 4) is 11.4 Å². The van der Waals surface area contributed by atoms with Crippen molar-refractivity contribution in [1.29, 1.82) is 0 Å². The van der Waals surface area contributed by atoms with Gasteiger partial charge in [0.25, 0.3) is 0 Å². The van der Waals surface area contributed by atoms with Gasteiger partial charge in [-0.2, -0.15) is 0 Å². The average Bonchev–Trinajstić information content (AvgIpc) is 3.06. The fourth-order valence-corrected chi connectivity index (χ4v) is 2.24. The van der Waals surface area contributed by atoms with Gasteiger partial charge in [0, 0.05) is 0 Å². The van der Waals surface area contributed by atoms with Crippen molar-refractivity contribution >= 4 is 23.5 Å². The van der Waals surface area contributed by atoms with Crippen LogP contribution in [0, 0.1) is 0 Å². The van der Waals surface area contributed by atoms with Crippen molar-refractivity contribution in [1.82, 2.24) is 15.0 Å². The normalized spacial score (nSPS) is 11.0. The van der Waals surface area contributed by atoms with E-state index in [-0.39, 0.29) is 16.6 Å². The molecule has 1 aromatic heterocycles. The van der Waals surface area contributed by atoms with Gasteiger partial charge in [0.15, 0.2) is 0 Å². The number of nitrogens with zero attached hydrogens (tertiary/aromatic N) is 3. The molecule has 0 spiro atoms. The zero-order valence-corrected chi connectivity index (χ0v) is 12.7. The lowest BCUT2D eigenvalue weighted by atomic mass is 10.1. The number of phenolic OH excluding ortho intramolecular Hbond substituents is 1. The summed E-state index contributed by atoms with van der Waals surface area (Å²) in [4.78, 5) is 12.4. The van der Waals surface area contributed by atoms with Crippen molar-refractivity contribution in [3.05, 3.63) is 77.1 Å². The van der Waals surface area contributed by atoms with Crippen LogP contribution in [-0.4, -0.2) is 25.9 Å². The highest BCUT2D eigenvalue weighted by Gasteiger charge is 2.11. The van der Waals surface area contributed by atoms with Crippen LogP contribution in [0.4, 0.5) is 0 Å². The summed E-state index contributed by atoms with van der Waals surface area (Å²) >= 11 is 5.84. The van der Waals surface area contributed by atoms with Crippen LogP contribution in [0.2, 0.25) is 5.02 Å². The number of para-hydroxylation sites is 1. The van der Waals surface area contributed by atoms with Gasteiger partial charge in [0.05, 0.1) is 16.9 Å². The first-order valence-corrected chi connectivity index (χ1v) is 7.20. The van der Waals surface area contributed by atoms with Crippen LogP contribution >= 0.6 is 11.6 Å². The number of carbonyl (C=O) groups is 1. The zero-order chi connectivity index (χ0) is 16.2. The molecule has 0 aliphatic rings. The first kappa shape index (κ1) is 15.0. The number of carbonyl (C=O) groups excluding carboxylic acids is 1. The second kappa shape index (κ2) is 6.46. The molecule has 0 saturated heterocycles. The second-order valence-electron chi connectivity index (χ2n) is 4.78. The first-order valence-electron chi connectivity index (χ1n) is 6.82. The summed E-state index contributed by atoms with van der Waals surface area (Å²) in [7, 11) is 0. The van der Waals surface area contributed by atoms with E-state index < -0.39 is 0 Å². The highest BCUT2D eigenvalue weighted by molar-refractivity contribution is 6.32. The molecule has 6 heteroatoms. The molecule has 3 rings (SSSR count). The number of aromatic hydroxyl groups is 1. The fourth-order valence-electron chi connectivity index (χ4n) is 2.05. The Morgan fingerprint density at radius 3 is 2.70 bits per heavy atom. The predicted octanol–water partition coefficient (Wildman–Crippen LogP) is 3.52. The number of phenols is 1. The number of halogens is 1. The molecule has 1 heterocycles. The van der Waals surface area contributed by atoms with E-state index in [4.69, 9.17) is 11.6 Å². The summed E-state index contributed by atoms with van der Waals surface area (Å²) in [5.41, 5.74) is 1.83. The van der Waals surface area contributed by atoms with Gasteiger partial charge in [-0.15, -0.1) is 5.10 Å². The standard InChI is InChI=1S/C17H12ClN3O2/c18-14-10-12(6-8-16(14)22)7-9-17(23)15-11-19-20-21(15)13-4-2-1-3-5-13/h1-11,22H. The predicted molar refractivity (Wildman–Crippen MR) is 87.8 cm³/mol. The molecule has 114 valence electrons. The Morgan fingerprint density at radius 2 is 1.96 bits per heavy atom. The maximum absolute atomic E-state index is 12.4. The Kier molecular flexibility index (Phi) is 4.21. The molecule has 0 amide bonds. The highest BCUT2D eigenvalue weighted by Crippen LogP contribution is 2.24. The van der Waals surface area contributed by atoms with Crippen LogP contribution < -0.4 is 0 Å². The van der Waals surface area contributed by atoms with Gasteiger partial charge in [-0.3, -0.25) is 4.79 Å². The monoisotopic (exact) mass is 325 g/mol. The third-order valence-electron chi connectivity index (χ3n) is 3.20. The van der Waals surface area contributed by atoms with Gasteiger partial charge < -0.3 is 5.11 Å². The molecule has 1 N–H and O–H groups in total. The van der Waals surface area contributed by atoms with Gasteiger partial charge in [0.1, 0.15) is 11.4 Å². The zero-order valence-electron chi connectivity index (χ0n) is 11.9. The van der Waals surface area contributed by atoms with E-state index in [9.17, 15) is 9.90 Å². The van der Waals surface area contributed by atoms with Gasteiger partial charge >= 0.3 is 0 Å². The summed E-state index contributed by atoms with van der Waals surface area (Å²) in [6.07, 6.45) is 4.46. The molecular formula is C17H12ClN3O2. The molecule has 2 aromatic carbocycles. The quantitative estimate of drug-likeness (QED) is 0.588. The van der Waals surface area contributed by atoms with Crippen molar-refractivity contribution in [2.24, 2.45) is 0 Å². The number of rotatable bonds is 4. The summed E-state index contributed by atoms with van der Waals surface area (Å²) in [6.45, 7) is 0. The number of hydrogen-bond acceptors (Lipinski definition) is 4. The number of benzene rings is 2.